The highest BCUT2D eigenvalue weighted by atomic mass is 16.5. The van der Waals surface area contributed by atoms with Crippen molar-refractivity contribution in [3.05, 3.63) is 0 Å². The maximum Gasteiger partial charge on any atom is 0.0593 e. The van der Waals surface area contributed by atoms with Crippen molar-refractivity contribution in [2.75, 3.05) is 26.3 Å². The lowest BCUT2D eigenvalue weighted by Gasteiger charge is -2.34. The molecule has 1 N–H and O–H groups in total. The average Bonchev–Trinajstić information content (AvgIpc) is 2.26. The number of nitrogens with zero attached hydrogens (tertiary/aromatic N) is 1. The van der Waals surface area contributed by atoms with Gasteiger partial charge >= 0.3 is 0 Å². The SMILES string of the molecule is CCOCCN(CC)C1CCC(O)CC1. The monoisotopic (exact) mass is 215 g/mol. The van der Waals surface area contributed by atoms with E-state index < -0.39 is 0 Å². The summed E-state index contributed by atoms with van der Waals surface area (Å²) in [7, 11) is 0. The topological polar surface area (TPSA) is 32.7 Å². The van der Waals surface area contributed by atoms with Crippen molar-refractivity contribution >= 4 is 0 Å². The second-order valence-corrected chi connectivity index (χ2v) is 4.29. The van der Waals surface area contributed by atoms with Gasteiger partial charge in [-0.25, -0.2) is 0 Å². The van der Waals surface area contributed by atoms with Gasteiger partial charge in [-0.05, 0) is 39.2 Å². The molecule has 1 saturated carbocycles. The van der Waals surface area contributed by atoms with Gasteiger partial charge in [-0.15, -0.1) is 0 Å². The van der Waals surface area contributed by atoms with Crippen LogP contribution in [0.4, 0.5) is 0 Å². The zero-order valence-corrected chi connectivity index (χ0v) is 10.1. The highest BCUT2D eigenvalue weighted by molar-refractivity contribution is 4.78. The van der Waals surface area contributed by atoms with E-state index in [1.165, 1.54) is 0 Å². The predicted octanol–water partition coefficient (Wildman–Crippen LogP) is 1.65. The number of hydrogen-bond donors (Lipinski definition) is 1. The lowest BCUT2D eigenvalue weighted by molar-refractivity contribution is 0.0540. The van der Waals surface area contributed by atoms with Gasteiger partial charge in [-0.3, -0.25) is 4.90 Å². The third-order valence-electron chi connectivity index (χ3n) is 3.32. The first-order valence-electron chi connectivity index (χ1n) is 6.27. The van der Waals surface area contributed by atoms with Crippen molar-refractivity contribution in [2.45, 2.75) is 51.7 Å². The van der Waals surface area contributed by atoms with E-state index in [2.05, 4.69) is 11.8 Å². The molecule has 0 amide bonds. The summed E-state index contributed by atoms with van der Waals surface area (Å²) in [6.07, 6.45) is 4.17. The third kappa shape index (κ3) is 4.49. The maximum absolute atomic E-state index is 9.45. The van der Waals surface area contributed by atoms with Gasteiger partial charge in [-0.1, -0.05) is 6.92 Å². The van der Waals surface area contributed by atoms with Crippen LogP contribution >= 0.6 is 0 Å². The summed E-state index contributed by atoms with van der Waals surface area (Å²) in [5.74, 6) is 0. The van der Waals surface area contributed by atoms with Gasteiger partial charge in [0.1, 0.15) is 0 Å². The Morgan fingerprint density at radius 2 is 1.87 bits per heavy atom. The van der Waals surface area contributed by atoms with Crippen LogP contribution in [0.25, 0.3) is 0 Å². The molecule has 0 aliphatic heterocycles. The van der Waals surface area contributed by atoms with E-state index in [-0.39, 0.29) is 6.10 Å². The molecular formula is C12H25NO2. The quantitative estimate of drug-likeness (QED) is 0.684. The summed E-state index contributed by atoms with van der Waals surface area (Å²) in [5, 5.41) is 9.45. The van der Waals surface area contributed by atoms with Gasteiger partial charge in [0.2, 0.25) is 0 Å². The summed E-state index contributed by atoms with van der Waals surface area (Å²) in [5.41, 5.74) is 0. The zero-order valence-electron chi connectivity index (χ0n) is 10.1. The summed E-state index contributed by atoms with van der Waals surface area (Å²) in [4.78, 5) is 2.49. The van der Waals surface area contributed by atoms with Crippen molar-refractivity contribution in [1.29, 1.82) is 0 Å². The molecule has 0 aromatic rings. The van der Waals surface area contributed by atoms with Gasteiger partial charge in [-0.2, -0.15) is 0 Å². The number of likely N-dealkylation sites (N-methyl/N-ethyl adjacent to an activating group) is 1. The highest BCUT2D eigenvalue weighted by Gasteiger charge is 2.23. The Morgan fingerprint density at radius 3 is 2.40 bits per heavy atom. The first-order valence-corrected chi connectivity index (χ1v) is 6.27. The Morgan fingerprint density at radius 1 is 1.20 bits per heavy atom. The molecule has 1 aliphatic carbocycles. The standard InChI is InChI=1S/C12H25NO2/c1-3-13(9-10-15-4-2)11-5-7-12(14)8-6-11/h11-12,14H,3-10H2,1-2H3. The molecule has 0 bridgehead atoms. The van der Waals surface area contributed by atoms with Crippen LogP contribution in [0, 0.1) is 0 Å². The molecule has 3 heteroatoms. The number of rotatable bonds is 6. The molecule has 0 spiro atoms. The lowest BCUT2D eigenvalue weighted by atomic mass is 9.92. The molecule has 0 radical (unpaired) electrons. The van der Waals surface area contributed by atoms with E-state index >= 15 is 0 Å². The van der Waals surface area contributed by atoms with E-state index in [1.807, 2.05) is 6.92 Å². The highest BCUT2D eigenvalue weighted by Crippen LogP contribution is 2.22. The van der Waals surface area contributed by atoms with E-state index in [1.54, 1.807) is 0 Å². The van der Waals surface area contributed by atoms with Crippen LogP contribution < -0.4 is 0 Å². The smallest absolute Gasteiger partial charge is 0.0593 e. The molecule has 0 aromatic heterocycles. The number of hydrogen-bond acceptors (Lipinski definition) is 3. The Balaban J connectivity index is 2.24. The van der Waals surface area contributed by atoms with E-state index in [4.69, 9.17) is 4.74 Å². The van der Waals surface area contributed by atoms with Crippen molar-refractivity contribution in [3.63, 3.8) is 0 Å². The molecule has 1 aliphatic rings. The minimum absolute atomic E-state index is 0.0492. The molecule has 0 unspecified atom stereocenters. The largest absolute Gasteiger partial charge is 0.393 e. The van der Waals surface area contributed by atoms with Crippen LogP contribution in [0.2, 0.25) is 0 Å². The summed E-state index contributed by atoms with van der Waals surface area (Å²) in [6.45, 7) is 8.01. The van der Waals surface area contributed by atoms with Crippen LogP contribution in [0.1, 0.15) is 39.5 Å². The van der Waals surface area contributed by atoms with Crippen molar-refractivity contribution in [2.24, 2.45) is 0 Å². The molecule has 1 fully saturated rings. The fourth-order valence-corrected chi connectivity index (χ4v) is 2.35. The van der Waals surface area contributed by atoms with Crippen LogP contribution in [0.5, 0.6) is 0 Å². The Kier molecular flexibility index (Phi) is 6.22. The molecular weight excluding hydrogens is 190 g/mol. The van der Waals surface area contributed by atoms with Crippen LogP contribution in [-0.4, -0.2) is 48.5 Å². The summed E-state index contributed by atoms with van der Waals surface area (Å²) >= 11 is 0. The molecule has 15 heavy (non-hydrogen) atoms. The minimum Gasteiger partial charge on any atom is -0.393 e. The predicted molar refractivity (Wildman–Crippen MR) is 62.0 cm³/mol. The molecule has 90 valence electrons. The van der Waals surface area contributed by atoms with Gasteiger partial charge in [0, 0.05) is 19.2 Å². The minimum atomic E-state index is -0.0492. The maximum atomic E-state index is 9.45. The molecule has 0 saturated heterocycles. The summed E-state index contributed by atoms with van der Waals surface area (Å²) < 4.78 is 5.39. The van der Waals surface area contributed by atoms with Crippen molar-refractivity contribution in [1.82, 2.24) is 4.90 Å². The number of ether oxygens (including phenoxy) is 1. The van der Waals surface area contributed by atoms with Gasteiger partial charge in [0.05, 0.1) is 12.7 Å². The molecule has 3 nitrogen and oxygen atoms in total. The van der Waals surface area contributed by atoms with Gasteiger partial charge in [0.15, 0.2) is 0 Å². The molecule has 0 aromatic carbocycles. The van der Waals surface area contributed by atoms with Crippen LogP contribution in [0.3, 0.4) is 0 Å². The Bertz CT molecular complexity index is 156. The summed E-state index contributed by atoms with van der Waals surface area (Å²) in [6, 6.07) is 0.666. The van der Waals surface area contributed by atoms with E-state index in [0.29, 0.717) is 6.04 Å². The normalized spacial score (nSPS) is 27.2. The number of aliphatic hydroxyl groups is 1. The lowest BCUT2D eigenvalue weighted by Crippen LogP contribution is -2.40. The number of aliphatic hydroxyl groups excluding tert-OH is 1. The van der Waals surface area contributed by atoms with Crippen LogP contribution in [0.15, 0.2) is 0 Å². The second kappa shape index (κ2) is 7.20. The second-order valence-electron chi connectivity index (χ2n) is 4.29. The van der Waals surface area contributed by atoms with E-state index in [9.17, 15) is 5.11 Å². The molecule has 0 atom stereocenters. The third-order valence-corrected chi connectivity index (χ3v) is 3.32. The van der Waals surface area contributed by atoms with E-state index in [0.717, 1.165) is 52.0 Å². The Labute approximate surface area is 93.4 Å². The van der Waals surface area contributed by atoms with Crippen molar-refractivity contribution in [3.8, 4) is 0 Å². The Hall–Kier alpha value is -0.120. The van der Waals surface area contributed by atoms with Crippen molar-refractivity contribution < 1.29 is 9.84 Å². The molecule has 1 rings (SSSR count). The van der Waals surface area contributed by atoms with Crippen LogP contribution in [-0.2, 0) is 4.74 Å². The first-order chi connectivity index (χ1) is 7.27. The fourth-order valence-electron chi connectivity index (χ4n) is 2.35. The fraction of sp³-hybridized carbons (Fsp3) is 1.00. The zero-order chi connectivity index (χ0) is 11.1. The first kappa shape index (κ1) is 12.9. The van der Waals surface area contributed by atoms with Gasteiger partial charge in [0.25, 0.3) is 0 Å². The van der Waals surface area contributed by atoms with Gasteiger partial charge < -0.3 is 9.84 Å². The molecule has 0 heterocycles. The average molecular weight is 215 g/mol.